The van der Waals surface area contributed by atoms with Crippen LogP contribution in [0.15, 0.2) is 60.7 Å². The Bertz CT molecular complexity index is 912. The molecular weight excluding hydrogens is 254 g/mol. The van der Waals surface area contributed by atoms with Crippen molar-refractivity contribution in [3.8, 4) is 0 Å². The standard InChI is InChI=1S/C17H10ClN/c18-17-14-10-9-11-5-1-2-6-12(11)16(14)13-7-3-4-8-15(13)19-17/h1-10H. The predicted molar refractivity (Wildman–Crippen MR) is 81.8 cm³/mol. The van der Waals surface area contributed by atoms with Crippen molar-refractivity contribution in [3.05, 3.63) is 65.8 Å². The molecule has 0 unspecified atom stereocenters. The average Bonchev–Trinajstić information content (AvgIpc) is 2.47. The van der Waals surface area contributed by atoms with E-state index in [4.69, 9.17) is 11.6 Å². The van der Waals surface area contributed by atoms with Crippen LogP contribution in [0.3, 0.4) is 0 Å². The highest BCUT2D eigenvalue weighted by molar-refractivity contribution is 6.37. The first-order valence-electron chi connectivity index (χ1n) is 6.20. The molecule has 0 fully saturated rings. The summed E-state index contributed by atoms with van der Waals surface area (Å²) in [7, 11) is 0. The van der Waals surface area contributed by atoms with Gasteiger partial charge in [0.15, 0.2) is 0 Å². The van der Waals surface area contributed by atoms with E-state index in [1.165, 1.54) is 16.2 Å². The number of hydrogen-bond donors (Lipinski definition) is 0. The van der Waals surface area contributed by atoms with Crippen LogP contribution < -0.4 is 0 Å². The number of pyridine rings is 1. The van der Waals surface area contributed by atoms with E-state index in [1.807, 2.05) is 18.2 Å². The van der Waals surface area contributed by atoms with Gasteiger partial charge in [-0.15, -0.1) is 0 Å². The lowest BCUT2D eigenvalue weighted by molar-refractivity contribution is 1.45. The number of fused-ring (bicyclic) bond motifs is 5. The zero-order valence-electron chi connectivity index (χ0n) is 10.1. The number of aromatic nitrogens is 1. The number of halogens is 1. The summed E-state index contributed by atoms with van der Waals surface area (Å²) in [6.07, 6.45) is 0. The Morgan fingerprint density at radius 3 is 2.32 bits per heavy atom. The summed E-state index contributed by atoms with van der Waals surface area (Å²) in [5, 5.41) is 6.37. The molecule has 0 aliphatic heterocycles. The molecule has 0 aliphatic rings. The molecule has 0 saturated carbocycles. The van der Waals surface area contributed by atoms with Crippen molar-refractivity contribution >= 4 is 44.0 Å². The molecule has 90 valence electrons. The number of rotatable bonds is 0. The van der Waals surface area contributed by atoms with Crippen LogP contribution in [-0.2, 0) is 0 Å². The van der Waals surface area contributed by atoms with Crippen molar-refractivity contribution in [1.29, 1.82) is 0 Å². The maximum atomic E-state index is 6.33. The number of para-hydroxylation sites is 1. The van der Waals surface area contributed by atoms with Gasteiger partial charge in [-0.1, -0.05) is 66.2 Å². The second-order valence-electron chi connectivity index (χ2n) is 4.63. The van der Waals surface area contributed by atoms with Gasteiger partial charge >= 0.3 is 0 Å². The molecule has 1 aromatic heterocycles. The molecule has 0 N–H and O–H groups in total. The molecule has 0 amide bonds. The lowest BCUT2D eigenvalue weighted by Crippen LogP contribution is -1.86. The molecule has 4 aromatic rings. The molecule has 0 radical (unpaired) electrons. The quantitative estimate of drug-likeness (QED) is 0.314. The molecule has 19 heavy (non-hydrogen) atoms. The number of benzene rings is 3. The van der Waals surface area contributed by atoms with Crippen molar-refractivity contribution in [2.75, 3.05) is 0 Å². The Balaban J connectivity index is 2.40. The zero-order chi connectivity index (χ0) is 12.8. The van der Waals surface area contributed by atoms with Crippen molar-refractivity contribution in [1.82, 2.24) is 4.98 Å². The van der Waals surface area contributed by atoms with Crippen molar-refractivity contribution in [2.24, 2.45) is 0 Å². The maximum Gasteiger partial charge on any atom is 0.137 e. The van der Waals surface area contributed by atoms with Crippen LogP contribution >= 0.6 is 11.6 Å². The zero-order valence-corrected chi connectivity index (χ0v) is 10.9. The van der Waals surface area contributed by atoms with Crippen molar-refractivity contribution < 1.29 is 0 Å². The first-order valence-corrected chi connectivity index (χ1v) is 6.58. The molecule has 4 rings (SSSR count). The molecule has 0 saturated heterocycles. The van der Waals surface area contributed by atoms with Gasteiger partial charge in [-0.25, -0.2) is 4.98 Å². The van der Waals surface area contributed by atoms with E-state index in [2.05, 4.69) is 47.4 Å². The second-order valence-corrected chi connectivity index (χ2v) is 4.99. The Morgan fingerprint density at radius 1 is 0.684 bits per heavy atom. The van der Waals surface area contributed by atoms with Crippen LogP contribution in [-0.4, -0.2) is 4.98 Å². The largest absolute Gasteiger partial charge is 0.235 e. The molecule has 0 spiro atoms. The normalized spacial score (nSPS) is 11.4. The van der Waals surface area contributed by atoms with Gasteiger partial charge in [-0.3, -0.25) is 0 Å². The van der Waals surface area contributed by atoms with E-state index in [0.717, 1.165) is 16.3 Å². The van der Waals surface area contributed by atoms with Gasteiger partial charge in [0.05, 0.1) is 5.52 Å². The van der Waals surface area contributed by atoms with Gasteiger partial charge in [0.25, 0.3) is 0 Å². The van der Waals surface area contributed by atoms with E-state index < -0.39 is 0 Å². The van der Waals surface area contributed by atoms with Gasteiger partial charge in [0.2, 0.25) is 0 Å². The van der Waals surface area contributed by atoms with Gasteiger partial charge in [0, 0.05) is 16.2 Å². The summed E-state index contributed by atoms with van der Waals surface area (Å²) in [5.74, 6) is 0. The molecule has 0 aliphatic carbocycles. The predicted octanol–water partition coefficient (Wildman–Crippen LogP) is 5.19. The fraction of sp³-hybridized carbons (Fsp3) is 0. The highest BCUT2D eigenvalue weighted by Gasteiger charge is 2.09. The van der Waals surface area contributed by atoms with E-state index in [-0.39, 0.29) is 0 Å². The third kappa shape index (κ3) is 1.52. The lowest BCUT2D eigenvalue weighted by atomic mass is 9.99. The van der Waals surface area contributed by atoms with E-state index in [0.29, 0.717) is 5.15 Å². The van der Waals surface area contributed by atoms with Crippen LogP contribution in [0.5, 0.6) is 0 Å². The second kappa shape index (κ2) is 3.94. The van der Waals surface area contributed by atoms with Crippen LogP contribution in [0.4, 0.5) is 0 Å². The number of hydrogen-bond acceptors (Lipinski definition) is 1. The summed E-state index contributed by atoms with van der Waals surface area (Å²) < 4.78 is 0. The highest BCUT2D eigenvalue weighted by atomic mass is 35.5. The maximum absolute atomic E-state index is 6.33. The van der Waals surface area contributed by atoms with E-state index in [9.17, 15) is 0 Å². The SMILES string of the molecule is Clc1nc2ccccc2c2c1ccc1ccccc12. The Labute approximate surface area is 115 Å². The lowest BCUT2D eigenvalue weighted by Gasteiger charge is -2.08. The molecule has 1 heterocycles. The average molecular weight is 264 g/mol. The van der Waals surface area contributed by atoms with Gasteiger partial charge < -0.3 is 0 Å². The minimum absolute atomic E-state index is 0.569. The van der Waals surface area contributed by atoms with Crippen LogP contribution in [0.25, 0.3) is 32.4 Å². The molecule has 0 bridgehead atoms. The Hall–Kier alpha value is -2.12. The minimum atomic E-state index is 0.569. The summed E-state index contributed by atoms with van der Waals surface area (Å²) in [4.78, 5) is 4.48. The van der Waals surface area contributed by atoms with Crippen LogP contribution in [0.2, 0.25) is 5.15 Å². The molecule has 2 heteroatoms. The molecule has 1 nitrogen and oxygen atoms in total. The first kappa shape index (κ1) is 10.8. The van der Waals surface area contributed by atoms with Gasteiger partial charge in [-0.2, -0.15) is 0 Å². The van der Waals surface area contributed by atoms with Crippen molar-refractivity contribution in [2.45, 2.75) is 0 Å². The van der Waals surface area contributed by atoms with E-state index in [1.54, 1.807) is 0 Å². The van der Waals surface area contributed by atoms with Crippen LogP contribution in [0, 0.1) is 0 Å². The van der Waals surface area contributed by atoms with Gasteiger partial charge in [0.1, 0.15) is 5.15 Å². The topological polar surface area (TPSA) is 12.9 Å². The molecule has 3 aromatic carbocycles. The van der Waals surface area contributed by atoms with E-state index >= 15 is 0 Å². The minimum Gasteiger partial charge on any atom is -0.235 e. The molecule has 0 atom stereocenters. The highest BCUT2D eigenvalue weighted by Crippen LogP contribution is 2.34. The summed E-state index contributed by atoms with van der Waals surface area (Å²) in [6.45, 7) is 0. The van der Waals surface area contributed by atoms with Crippen LogP contribution in [0.1, 0.15) is 0 Å². The fourth-order valence-electron chi connectivity index (χ4n) is 2.68. The fourth-order valence-corrected chi connectivity index (χ4v) is 2.93. The monoisotopic (exact) mass is 263 g/mol. The summed E-state index contributed by atoms with van der Waals surface area (Å²) in [6, 6.07) is 20.7. The van der Waals surface area contributed by atoms with Gasteiger partial charge in [-0.05, 0) is 16.8 Å². The molecular formula is C17H10ClN. The third-order valence-electron chi connectivity index (χ3n) is 3.54. The summed E-state index contributed by atoms with van der Waals surface area (Å²) >= 11 is 6.33. The van der Waals surface area contributed by atoms with Crippen molar-refractivity contribution in [3.63, 3.8) is 0 Å². The first-order chi connectivity index (χ1) is 9.34. The Kier molecular flexibility index (Phi) is 2.23. The third-order valence-corrected chi connectivity index (χ3v) is 3.83. The number of nitrogens with zero attached hydrogens (tertiary/aromatic N) is 1. The smallest absolute Gasteiger partial charge is 0.137 e. The summed E-state index contributed by atoms with van der Waals surface area (Å²) in [5.41, 5.74) is 0.941. The Morgan fingerprint density at radius 2 is 1.42 bits per heavy atom.